The van der Waals surface area contributed by atoms with Crippen LogP contribution in [0.2, 0.25) is 0 Å². The number of amides is 1. The van der Waals surface area contributed by atoms with E-state index in [0.29, 0.717) is 5.56 Å². The number of rotatable bonds is 2. The third-order valence-electron chi connectivity index (χ3n) is 5.59. The van der Waals surface area contributed by atoms with Crippen LogP contribution < -0.4 is 0 Å². The molecular weight excluding hydrogens is 432 g/mol. The van der Waals surface area contributed by atoms with E-state index in [4.69, 9.17) is 4.74 Å². The molecule has 0 aromatic carbocycles. The molecule has 0 saturated carbocycles. The quantitative estimate of drug-likeness (QED) is 0.701. The zero-order valence-electron chi connectivity index (χ0n) is 19.8. The van der Waals surface area contributed by atoms with Gasteiger partial charge in [-0.05, 0) is 43.9 Å². The fourth-order valence-electron chi connectivity index (χ4n) is 3.85. The topological polar surface area (TPSA) is 95.8 Å². The smallest absolute Gasteiger partial charge is 0.410 e. The van der Waals surface area contributed by atoms with Gasteiger partial charge < -0.3 is 19.8 Å². The number of halogens is 2. The molecule has 1 aliphatic heterocycles. The van der Waals surface area contributed by atoms with Gasteiger partial charge >= 0.3 is 6.09 Å². The fourth-order valence-corrected chi connectivity index (χ4v) is 3.85. The molecule has 1 aliphatic rings. The van der Waals surface area contributed by atoms with Gasteiger partial charge in [0.1, 0.15) is 34.5 Å². The molecule has 1 saturated heterocycles. The molecule has 2 aromatic heterocycles. The molecular formula is C24H31F2N3O4. The number of aliphatic hydroxyl groups excluding tert-OH is 1. The van der Waals surface area contributed by atoms with Gasteiger partial charge in [0, 0.05) is 30.9 Å². The number of ether oxygens (including phenoxy) is 1. The van der Waals surface area contributed by atoms with Crippen molar-refractivity contribution in [2.75, 3.05) is 13.1 Å². The molecule has 0 radical (unpaired) electrons. The Balaban J connectivity index is 2.04. The highest BCUT2D eigenvalue weighted by Crippen LogP contribution is 2.41. The SMILES string of the molecule is CC(C)(C)OC(=O)N1CC[C@@](O)(c2ncc(C(C)(C)C)c(-c3ncccc3F)c2F)[C@H](O)C1. The number of piperidine rings is 1. The summed E-state index contributed by atoms with van der Waals surface area (Å²) in [5.74, 6) is -1.67. The molecule has 0 bridgehead atoms. The fraction of sp³-hybridized carbons (Fsp3) is 0.542. The molecule has 33 heavy (non-hydrogen) atoms. The summed E-state index contributed by atoms with van der Waals surface area (Å²) in [5.41, 5.74) is -3.73. The van der Waals surface area contributed by atoms with Crippen molar-refractivity contribution < 1.29 is 28.5 Å². The second-order valence-corrected chi connectivity index (χ2v) is 10.4. The molecule has 2 atom stereocenters. The molecule has 3 rings (SSSR count). The summed E-state index contributed by atoms with van der Waals surface area (Å²) in [5, 5.41) is 22.1. The molecule has 180 valence electrons. The van der Waals surface area contributed by atoms with Crippen LogP contribution in [-0.2, 0) is 15.8 Å². The van der Waals surface area contributed by atoms with E-state index in [1.165, 1.54) is 29.4 Å². The Morgan fingerprint density at radius 3 is 2.42 bits per heavy atom. The van der Waals surface area contributed by atoms with Crippen molar-refractivity contribution >= 4 is 6.09 Å². The van der Waals surface area contributed by atoms with Crippen molar-refractivity contribution in [1.29, 1.82) is 0 Å². The first-order valence-electron chi connectivity index (χ1n) is 10.8. The highest BCUT2D eigenvalue weighted by atomic mass is 19.1. The predicted octanol–water partition coefficient (Wildman–Crippen LogP) is 3.91. The standard InChI is InChI=1S/C24H31F2N3O4/c1-22(2,3)14-12-28-20(18(26)17(14)19-15(25)8-7-10-27-19)24(32)9-11-29(13-16(24)30)21(31)33-23(4,5)6/h7-8,10,12,16,30,32H,9,11,13H2,1-6H3/t16-,24+/m1/s1. The summed E-state index contributed by atoms with van der Waals surface area (Å²) in [6.07, 6.45) is 0.371. The maximum atomic E-state index is 16.0. The van der Waals surface area contributed by atoms with Crippen LogP contribution >= 0.6 is 0 Å². The molecule has 9 heteroatoms. The van der Waals surface area contributed by atoms with Crippen molar-refractivity contribution in [3.8, 4) is 11.3 Å². The summed E-state index contributed by atoms with van der Waals surface area (Å²) >= 11 is 0. The number of carbonyl (C=O) groups is 1. The van der Waals surface area contributed by atoms with E-state index >= 15 is 4.39 Å². The molecule has 7 nitrogen and oxygen atoms in total. The second kappa shape index (κ2) is 8.61. The summed E-state index contributed by atoms with van der Waals surface area (Å²) in [4.78, 5) is 21.8. The van der Waals surface area contributed by atoms with Gasteiger partial charge in [-0.3, -0.25) is 9.97 Å². The highest BCUT2D eigenvalue weighted by molar-refractivity contribution is 5.69. The van der Waals surface area contributed by atoms with Crippen LogP contribution in [0, 0.1) is 11.6 Å². The van der Waals surface area contributed by atoms with Crippen LogP contribution in [0.5, 0.6) is 0 Å². The Labute approximate surface area is 192 Å². The van der Waals surface area contributed by atoms with E-state index in [-0.39, 0.29) is 30.8 Å². The Morgan fingerprint density at radius 1 is 1.21 bits per heavy atom. The normalized spacial score (nSPS) is 21.8. The van der Waals surface area contributed by atoms with E-state index < -0.39 is 46.1 Å². The lowest BCUT2D eigenvalue weighted by Crippen LogP contribution is -2.56. The zero-order chi connectivity index (χ0) is 24.8. The summed E-state index contributed by atoms with van der Waals surface area (Å²) in [6, 6.07) is 2.58. The number of nitrogens with zero attached hydrogens (tertiary/aromatic N) is 3. The van der Waals surface area contributed by atoms with Crippen LogP contribution in [0.15, 0.2) is 24.5 Å². The largest absolute Gasteiger partial charge is 0.444 e. The van der Waals surface area contributed by atoms with Crippen molar-refractivity contribution in [3.63, 3.8) is 0 Å². The van der Waals surface area contributed by atoms with Gasteiger partial charge in [-0.25, -0.2) is 13.6 Å². The van der Waals surface area contributed by atoms with Crippen molar-refractivity contribution in [2.24, 2.45) is 0 Å². The third-order valence-corrected chi connectivity index (χ3v) is 5.59. The Hall–Kier alpha value is -2.65. The van der Waals surface area contributed by atoms with E-state index in [9.17, 15) is 19.4 Å². The van der Waals surface area contributed by atoms with Crippen LogP contribution in [-0.4, -0.2) is 56.0 Å². The van der Waals surface area contributed by atoms with Gasteiger partial charge in [0.25, 0.3) is 0 Å². The summed E-state index contributed by atoms with van der Waals surface area (Å²) in [6.45, 7) is 10.4. The van der Waals surface area contributed by atoms with Gasteiger partial charge in [0.15, 0.2) is 5.82 Å². The Kier molecular flexibility index (Phi) is 6.52. The van der Waals surface area contributed by atoms with Crippen LogP contribution in [0.4, 0.5) is 13.6 Å². The van der Waals surface area contributed by atoms with Crippen LogP contribution in [0.25, 0.3) is 11.3 Å². The lowest BCUT2D eigenvalue weighted by atomic mass is 9.80. The van der Waals surface area contributed by atoms with Crippen molar-refractivity contribution in [2.45, 2.75) is 70.7 Å². The van der Waals surface area contributed by atoms with Gasteiger partial charge in [-0.15, -0.1) is 0 Å². The molecule has 1 fully saturated rings. The minimum Gasteiger partial charge on any atom is -0.444 e. The average molecular weight is 464 g/mol. The lowest BCUT2D eigenvalue weighted by Gasteiger charge is -2.42. The van der Waals surface area contributed by atoms with Gasteiger partial charge in [-0.2, -0.15) is 0 Å². The van der Waals surface area contributed by atoms with E-state index in [1.54, 1.807) is 20.8 Å². The maximum absolute atomic E-state index is 16.0. The van der Waals surface area contributed by atoms with Crippen LogP contribution in [0.3, 0.4) is 0 Å². The number of carbonyl (C=O) groups excluding carboxylic acids is 1. The summed E-state index contributed by atoms with van der Waals surface area (Å²) in [7, 11) is 0. The number of pyridine rings is 2. The Morgan fingerprint density at radius 2 is 1.88 bits per heavy atom. The number of β-amino-alcohol motifs (C(OH)–C–C–N with tert-alkyl or cyclic N) is 1. The van der Waals surface area contributed by atoms with Gasteiger partial charge in [-0.1, -0.05) is 20.8 Å². The Bertz CT molecular complexity index is 1050. The third kappa shape index (κ3) is 4.99. The van der Waals surface area contributed by atoms with E-state index in [2.05, 4.69) is 9.97 Å². The molecule has 2 N–H and O–H groups in total. The minimum atomic E-state index is -2.08. The van der Waals surface area contributed by atoms with Gasteiger partial charge in [0.05, 0.1) is 6.54 Å². The first-order chi connectivity index (χ1) is 15.1. The molecule has 2 aromatic rings. The number of hydrogen-bond acceptors (Lipinski definition) is 6. The molecule has 0 aliphatic carbocycles. The van der Waals surface area contributed by atoms with E-state index in [0.717, 1.165) is 0 Å². The summed E-state index contributed by atoms with van der Waals surface area (Å²) < 4.78 is 35.9. The minimum absolute atomic E-state index is 0.0118. The number of hydrogen-bond donors (Lipinski definition) is 2. The highest BCUT2D eigenvalue weighted by Gasteiger charge is 2.47. The average Bonchev–Trinajstić information content (AvgIpc) is 2.68. The first-order valence-corrected chi connectivity index (χ1v) is 10.8. The zero-order valence-corrected chi connectivity index (χ0v) is 19.8. The van der Waals surface area contributed by atoms with Crippen molar-refractivity contribution in [3.05, 3.63) is 47.4 Å². The van der Waals surface area contributed by atoms with Crippen molar-refractivity contribution in [1.82, 2.24) is 14.9 Å². The number of aromatic nitrogens is 2. The van der Waals surface area contributed by atoms with Gasteiger partial charge in [0.2, 0.25) is 0 Å². The molecule has 0 spiro atoms. The monoisotopic (exact) mass is 463 g/mol. The first kappa shape index (κ1) is 25.0. The molecule has 3 heterocycles. The number of aliphatic hydroxyl groups is 2. The molecule has 0 unspecified atom stereocenters. The molecule has 1 amide bonds. The van der Waals surface area contributed by atoms with Crippen LogP contribution in [0.1, 0.15) is 59.2 Å². The lowest BCUT2D eigenvalue weighted by molar-refractivity contribution is -0.127. The number of likely N-dealkylation sites (tertiary alicyclic amines) is 1. The predicted molar refractivity (Wildman–Crippen MR) is 118 cm³/mol. The second-order valence-electron chi connectivity index (χ2n) is 10.4. The van der Waals surface area contributed by atoms with E-state index in [1.807, 2.05) is 20.8 Å². The maximum Gasteiger partial charge on any atom is 0.410 e.